The monoisotopic (exact) mass is 410 g/mol. The summed E-state index contributed by atoms with van der Waals surface area (Å²) >= 11 is 0.979. The molecule has 3 aromatic rings. The smallest absolute Gasteiger partial charge is 0.335 e. The molecule has 2 aromatic carbocycles. The largest absolute Gasteiger partial charge is 0.478 e. The van der Waals surface area contributed by atoms with Gasteiger partial charge in [-0.05, 0) is 29.3 Å². The number of aromatic nitrogens is 1. The van der Waals surface area contributed by atoms with Crippen molar-refractivity contribution in [1.82, 2.24) is 4.98 Å². The van der Waals surface area contributed by atoms with Crippen LogP contribution in [0.3, 0.4) is 0 Å². The highest BCUT2D eigenvalue weighted by Gasteiger charge is 2.23. The Labute approximate surface area is 160 Å². The number of halogens is 1. The molecule has 26 heavy (non-hydrogen) atoms. The maximum absolute atomic E-state index is 12.9. The molecule has 0 radical (unpaired) electrons. The number of rotatable bonds is 5. The first-order chi connectivity index (χ1) is 11.9. The van der Waals surface area contributed by atoms with Crippen molar-refractivity contribution >= 4 is 39.6 Å². The lowest BCUT2D eigenvalue weighted by atomic mass is 10.0. The van der Waals surface area contributed by atoms with Gasteiger partial charge in [0.2, 0.25) is 9.84 Å². The molecule has 136 valence electrons. The van der Waals surface area contributed by atoms with Crippen molar-refractivity contribution in [2.45, 2.75) is 15.6 Å². The molecule has 1 heterocycles. The Kier molecular flexibility index (Phi) is 6.14. The van der Waals surface area contributed by atoms with Gasteiger partial charge in [0.15, 0.2) is 0 Å². The third-order valence-corrected chi connectivity index (χ3v) is 6.76. The van der Waals surface area contributed by atoms with E-state index in [1.165, 1.54) is 18.3 Å². The van der Waals surface area contributed by atoms with Gasteiger partial charge in [0.05, 0.1) is 16.7 Å². The predicted molar refractivity (Wildman–Crippen MR) is 102 cm³/mol. The maximum Gasteiger partial charge on any atom is 0.335 e. The van der Waals surface area contributed by atoms with Crippen LogP contribution in [0.2, 0.25) is 0 Å². The number of nitrogens with two attached hydrogens (primary N) is 1. The van der Waals surface area contributed by atoms with Crippen molar-refractivity contribution in [3.63, 3.8) is 0 Å². The summed E-state index contributed by atoms with van der Waals surface area (Å²) < 4.78 is 25.8. The van der Waals surface area contributed by atoms with Gasteiger partial charge >= 0.3 is 5.97 Å². The average molecular weight is 411 g/mol. The summed E-state index contributed by atoms with van der Waals surface area (Å²) in [5, 5.41) is 9.83. The molecule has 0 aliphatic rings. The molecule has 0 atom stereocenters. The van der Waals surface area contributed by atoms with Gasteiger partial charge in [0, 0.05) is 6.54 Å². The van der Waals surface area contributed by atoms with E-state index in [2.05, 4.69) is 4.98 Å². The molecule has 1 aromatic heterocycles. The molecular weight excluding hydrogens is 396 g/mol. The highest BCUT2D eigenvalue weighted by Crippen LogP contribution is 2.30. The summed E-state index contributed by atoms with van der Waals surface area (Å²) in [5.41, 5.74) is 6.64. The lowest BCUT2D eigenvalue weighted by Gasteiger charge is -2.08. The topological polar surface area (TPSA) is 110 Å². The zero-order valence-electron chi connectivity index (χ0n) is 13.3. The van der Waals surface area contributed by atoms with E-state index in [9.17, 15) is 18.3 Å². The highest BCUT2D eigenvalue weighted by molar-refractivity contribution is 7.93. The molecule has 0 aliphatic carbocycles. The molecule has 3 N–H and O–H groups in total. The molecule has 3 rings (SSSR count). The summed E-state index contributed by atoms with van der Waals surface area (Å²) in [6.07, 6.45) is 1.25. The summed E-state index contributed by atoms with van der Waals surface area (Å²) in [6, 6.07) is 13.1. The van der Waals surface area contributed by atoms with Gasteiger partial charge in [-0.1, -0.05) is 30.3 Å². The van der Waals surface area contributed by atoms with Crippen molar-refractivity contribution in [2.24, 2.45) is 5.73 Å². The Balaban J connectivity index is 0.00000243. The molecule has 0 unspecified atom stereocenters. The van der Waals surface area contributed by atoms with Crippen LogP contribution in [0, 0.1) is 0 Å². The lowest BCUT2D eigenvalue weighted by Crippen LogP contribution is -2.04. The summed E-state index contributed by atoms with van der Waals surface area (Å²) in [4.78, 5) is 15.3. The number of hydrogen-bond donors (Lipinski definition) is 2. The van der Waals surface area contributed by atoms with Crippen molar-refractivity contribution in [2.75, 3.05) is 0 Å². The maximum atomic E-state index is 12.9. The van der Waals surface area contributed by atoms with Crippen LogP contribution in [-0.4, -0.2) is 24.5 Å². The third-order valence-electron chi connectivity index (χ3n) is 3.54. The van der Waals surface area contributed by atoms with Crippen LogP contribution in [0.1, 0.15) is 15.4 Å². The second kappa shape index (κ2) is 7.96. The summed E-state index contributed by atoms with van der Waals surface area (Å²) in [5.74, 6) is -1.19. The highest BCUT2D eigenvalue weighted by atomic mass is 35.5. The zero-order chi connectivity index (χ0) is 18.0. The number of aromatic carboxylic acids is 1. The second-order valence-corrected chi connectivity index (χ2v) is 8.49. The van der Waals surface area contributed by atoms with E-state index in [1.54, 1.807) is 24.3 Å². The van der Waals surface area contributed by atoms with Crippen LogP contribution < -0.4 is 5.73 Å². The van der Waals surface area contributed by atoms with Crippen LogP contribution in [0.4, 0.5) is 0 Å². The van der Waals surface area contributed by atoms with Crippen molar-refractivity contribution in [3.8, 4) is 11.1 Å². The molecule has 0 fully saturated rings. The second-order valence-electron chi connectivity index (χ2n) is 5.20. The van der Waals surface area contributed by atoms with Crippen LogP contribution in [0.15, 0.2) is 63.8 Å². The zero-order valence-corrected chi connectivity index (χ0v) is 15.8. The molecule has 0 saturated heterocycles. The Morgan fingerprint density at radius 1 is 1.12 bits per heavy atom. The number of carboxylic acid groups (broad SMARTS) is 1. The van der Waals surface area contributed by atoms with Gasteiger partial charge in [-0.15, -0.1) is 23.7 Å². The number of benzene rings is 2. The standard InChI is InChI=1S/C17H14N2O4S2.ClH/c18-9-15-19-10-16(24-15)25(22,23)14-7-12(6-13(8-14)17(20)21)11-4-2-1-3-5-11;/h1-8,10H,9,18H2,(H,20,21);1H. The van der Waals surface area contributed by atoms with Crippen molar-refractivity contribution in [3.05, 3.63) is 65.3 Å². The van der Waals surface area contributed by atoms with Gasteiger partial charge < -0.3 is 10.8 Å². The van der Waals surface area contributed by atoms with Gasteiger partial charge in [-0.25, -0.2) is 18.2 Å². The fourth-order valence-corrected chi connectivity index (χ4v) is 4.83. The first-order valence-corrected chi connectivity index (χ1v) is 9.55. The van der Waals surface area contributed by atoms with Gasteiger partial charge in [0.1, 0.15) is 9.22 Å². The van der Waals surface area contributed by atoms with E-state index in [4.69, 9.17) is 5.73 Å². The summed E-state index contributed by atoms with van der Waals surface area (Å²) in [6.45, 7) is 0.143. The first-order valence-electron chi connectivity index (χ1n) is 7.25. The van der Waals surface area contributed by atoms with E-state index in [0.717, 1.165) is 23.0 Å². The van der Waals surface area contributed by atoms with E-state index in [-0.39, 0.29) is 33.6 Å². The number of nitrogens with zero attached hydrogens (tertiary/aromatic N) is 1. The van der Waals surface area contributed by atoms with E-state index >= 15 is 0 Å². The normalized spacial score (nSPS) is 11.0. The Hall–Kier alpha value is -2.26. The molecular formula is C17H15ClN2O4S2. The number of carbonyl (C=O) groups is 1. The number of carboxylic acids is 1. The van der Waals surface area contributed by atoms with Crippen LogP contribution >= 0.6 is 23.7 Å². The first kappa shape index (κ1) is 20.1. The van der Waals surface area contributed by atoms with E-state index < -0.39 is 15.8 Å². The Bertz CT molecular complexity index is 1030. The fourth-order valence-electron chi connectivity index (χ4n) is 2.30. The van der Waals surface area contributed by atoms with Crippen LogP contribution in [0.25, 0.3) is 11.1 Å². The van der Waals surface area contributed by atoms with E-state index in [0.29, 0.717) is 10.6 Å². The minimum Gasteiger partial charge on any atom is -0.478 e. The van der Waals surface area contributed by atoms with Gasteiger partial charge in [-0.3, -0.25) is 0 Å². The molecule has 0 bridgehead atoms. The Morgan fingerprint density at radius 3 is 2.38 bits per heavy atom. The lowest BCUT2D eigenvalue weighted by molar-refractivity contribution is 0.0696. The minimum atomic E-state index is -3.88. The van der Waals surface area contributed by atoms with Gasteiger partial charge in [-0.2, -0.15) is 0 Å². The fraction of sp³-hybridized carbons (Fsp3) is 0.0588. The SMILES string of the molecule is Cl.NCc1ncc(S(=O)(=O)c2cc(C(=O)O)cc(-c3ccccc3)c2)s1. The minimum absolute atomic E-state index is 0. The molecule has 0 amide bonds. The average Bonchev–Trinajstić information content (AvgIpc) is 3.12. The summed E-state index contributed by atoms with van der Waals surface area (Å²) in [7, 11) is -3.88. The van der Waals surface area contributed by atoms with E-state index in [1.807, 2.05) is 6.07 Å². The number of hydrogen-bond acceptors (Lipinski definition) is 6. The molecule has 0 spiro atoms. The van der Waals surface area contributed by atoms with Gasteiger partial charge in [0.25, 0.3) is 0 Å². The number of sulfone groups is 1. The predicted octanol–water partition coefficient (Wildman–Crippen LogP) is 3.22. The molecule has 0 aliphatic heterocycles. The molecule has 0 saturated carbocycles. The van der Waals surface area contributed by atoms with Crippen molar-refractivity contribution in [1.29, 1.82) is 0 Å². The quantitative estimate of drug-likeness (QED) is 0.668. The number of thiazole rings is 1. The molecule has 9 heteroatoms. The Morgan fingerprint density at radius 2 is 1.81 bits per heavy atom. The van der Waals surface area contributed by atoms with Crippen molar-refractivity contribution < 1.29 is 18.3 Å². The van der Waals surface area contributed by atoms with Crippen LogP contribution in [-0.2, 0) is 16.4 Å². The van der Waals surface area contributed by atoms with Crippen LogP contribution in [0.5, 0.6) is 0 Å². The third kappa shape index (κ3) is 3.94. The molecule has 6 nitrogen and oxygen atoms in total.